The molecule has 0 aliphatic heterocycles. The zero-order chi connectivity index (χ0) is 21.3. The van der Waals surface area contributed by atoms with Gasteiger partial charge in [-0.2, -0.15) is 0 Å². The van der Waals surface area contributed by atoms with E-state index in [1.54, 1.807) is 26.1 Å². The molecule has 0 fully saturated rings. The van der Waals surface area contributed by atoms with Crippen LogP contribution in [-0.2, 0) is 16.6 Å². The highest BCUT2D eigenvalue weighted by Crippen LogP contribution is 2.32. The molecular formula is C21H21NO7. The van der Waals surface area contributed by atoms with E-state index in [2.05, 4.69) is 0 Å². The molecule has 0 aliphatic carbocycles. The number of benzene rings is 1. The fraction of sp³-hybridized carbons (Fsp3) is 0.286. The molecule has 152 valence electrons. The summed E-state index contributed by atoms with van der Waals surface area (Å²) >= 11 is 0. The van der Waals surface area contributed by atoms with Gasteiger partial charge in [0.05, 0.1) is 37.9 Å². The van der Waals surface area contributed by atoms with Crippen LogP contribution in [0, 0.1) is 6.92 Å². The third-order valence-corrected chi connectivity index (χ3v) is 5.01. The van der Waals surface area contributed by atoms with Crippen molar-refractivity contribution in [3.63, 3.8) is 0 Å². The molecule has 0 amide bonds. The van der Waals surface area contributed by atoms with Crippen LogP contribution in [0.15, 0.2) is 44.5 Å². The van der Waals surface area contributed by atoms with E-state index in [0.717, 1.165) is 0 Å². The number of pyridine rings is 1. The number of hydrogen-bond acceptors (Lipinski definition) is 7. The van der Waals surface area contributed by atoms with Gasteiger partial charge in [0.15, 0.2) is 5.43 Å². The zero-order valence-corrected chi connectivity index (χ0v) is 16.5. The maximum atomic E-state index is 13.2. The van der Waals surface area contributed by atoms with Crippen molar-refractivity contribution in [3.8, 4) is 11.5 Å². The van der Waals surface area contributed by atoms with Gasteiger partial charge in [0.25, 0.3) is 5.56 Å². The lowest BCUT2D eigenvalue weighted by molar-refractivity contribution is -0.140. The van der Waals surface area contributed by atoms with Crippen LogP contribution in [-0.4, -0.2) is 29.9 Å². The molecule has 2 aromatic heterocycles. The fourth-order valence-corrected chi connectivity index (χ4v) is 3.26. The highest BCUT2D eigenvalue weighted by molar-refractivity contribution is 5.79. The van der Waals surface area contributed by atoms with Crippen molar-refractivity contribution >= 4 is 16.9 Å². The topological polar surface area (TPSA) is 108 Å². The number of esters is 1. The average Bonchev–Trinajstić information content (AvgIpc) is 2.71. The molecule has 1 unspecified atom stereocenters. The minimum atomic E-state index is -1.05. The maximum absolute atomic E-state index is 13.2. The average molecular weight is 399 g/mol. The van der Waals surface area contributed by atoms with Crippen LogP contribution in [0.3, 0.4) is 0 Å². The quantitative estimate of drug-likeness (QED) is 0.655. The summed E-state index contributed by atoms with van der Waals surface area (Å²) in [5, 5.41) is 10.7. The second-order valence-corrected chi connectivity index (χ2v) is 6.66. The summed E-state index contributed by atoms with van der Waals surface area (Å²) in [6, 6.07) is 6.18. The summed E-state index contributed by atoms with van der Waals surface area (Å²) in [7, 11) is 4.23. The molecule has 29 heavy (non-hydrogen) atoms. The molecule has 0 saturated heterocycles. The summed E-state index contributed by atoms with van der Waals surface area (Å²) in [4.78, 5) is 38.1. The van der Waals surface area contributed by atoms with Gasteiger partial charge in [-0.1, -0.05) is 0 Å². The number of nitrogens with zero attached hydrogens (tertiary/aromatic N) is 1. The lowest BCUT2D eigenvalue weighted by atomic mass is 9.88. The first-order valence-corrected chi connectivity index (χ1v) is 8.84. The van der Waals surface area contributed by atoms with Crippen LogP contribution < -0.4 is 15.7 Å². The lowest BCUT2D eigenvalue weighted by Crippen LogP contribution is -2.28. The smallest absolute Gasteiger partial charge is 0.306 e. The van der Waals surface area contributed by atoms with Crippen LogP contribution in [0.2, 0.25) is 0 Å². The molecule has 3 rings (SSSR count). The van der Waals surface area contributed by atoms with Gasteiger partial charge in [0.1, 0.15) is 17.1 Å². The van der Waals surface area contributed by atoms with Crippen LogP contribution in [0.1, 0.15) is 29.2 Å². The van der Waals surface area contributed by atoms with E-state index in [0.29, 0.717) is 17.0 Å². The molecule has 0 radical (unpaired) electrons. The summed E-state index contributed by atoms with van der Waals surface area (Å²) < 4.78 is 16.8. The fourth-order valence-electron chi connectivity index (χ4n) is 3.26. The van der Waals surface area contributed by atoms with Gasteiger partial charge < -0.3 is 23.6 Å². The van der Waals surface area contributed by atoms with Crippen LogP contribution >= 0.6 is 0 Å². The Morgan fingerprint density at radius 1 is 1.24 bits per heavy atom. The molecule has 0 aliphatic rings. The van der Waals surface area contributed by atoms with E-state index < -0.39 is 22.9 Å². The number of ether oxygens (including phenoxy) is 2. The molecule has 8 nitrogen and oxygen atoms in total. The predicted octanol–water partition coefficient (Wildman–Crippen LogP) is 2.21. The van der Waals surface area contributed by atoms with Gasteiger partial charge in [0, 0.05) is 24.2 Å². The van der Waals surface area contributed by atoms with Gasteiger partial charge in [-0.3, -0.25) is 14.4 Å². The SMILES string of the molecule is COC(=O)CC(c1coc2ccc(OC)cc2c1=O)c1c(O)cc(C)n(C)c1=O. The van der Waals surface area contributed by atoms with Gasteiger partial charge in [-0.05, 0) is 31.2 Å². The van der Waals surface area contributed by atoms with Crippen LogP contribution in [0.4, 0.5) is 0 Å². The highest BCUT2D eigenvalue weighted by Gasteiger charge is 2.29. The minimum absolute atomic E-state index is 0.0624. The number of fused-ring (bicyclic) bond motifs is 1. The van der Waals surface area contributed by atoms with Crippen molar-refractivity contribution < 1.29 is 23.8 Å². The first-order chi connectivity index (χ1) is 13.8. The minimum Gasteiger partial charge on any atom is -0.507 e. The number of aryl methyl sites for hydroxylation is 1. The second kappa shape index (κ2) is 7.83. The molecule has 8 heteroatoms. The van der Waals surface area contributed by atoms with E-state index in [9.17, 15) is 19.5 Å². The normalized spacial score (nSPS) is 12.0. The van der Waals surface area contributed by atoms with Crippen LogP contribution in [0.25, 0.3) is 11.0 Å². The van der Waals surface area contributed by atoms with E-state index in [1.807, 2.05) is 0 Å². The largest absolute Gasteiger partial charge is 0.507 e. The molecule has 1 N–H and O–H groups in total. The van der Waals surface area contributed by atoms with Gasteiger partial charge >= 0.3 is 5.97 Å². The number of aromatic hydroxyl groups is 1. The predicted molar refractivity (Wildman–Crippen MR) is 106 cm³/mol. The summed E-state index contributed by atoms with van der Waals surface area (Å²) in [6.45, 7) is 1.66. The summed E-state index contributed by atoms with van der Waals surface area (Å²) in [5.74, 6) is -1.53. The third kappa shape index (κ3) is 3.61. The Bertz CT molecular complexity index is 1210. The van der Waals surface area contributed by atoms with Crippen molar-refractivity contribution in [2.45, 2.75) is 19.3 Å². The molecule has 1 atom stereocenters. The van der Waals surface area contributed by atoms with Crippen molar-refractivity contribution in [3.05, 3.63) is 67.9 Å². The number of rotatable bonds is 5. The van der Waals surface area contributed by atoms with E-state index in [-0.39, 0.29) is 28.7 Å². The third-order valence-electron chi connectivity index (χ3n) is 5.01. The van der Waals surface area contributed by atoms with Gasteiger partial charge in [-0.15, -0.1) is 0 Å². The second-order valence-electron chi connectivity index (χ2n) is 6.66. The van der Waals surface area contributed by atoms with Gasteiger partial charge in [-0.25, -0.2) is 0 Å². The Hall–Kier alpha value is -3.55. The van der Waals surface area contributed by atoms with Crippen LogP contribution in [0.5, 0.6) is 11.5 Å². The Balaban J connectivity index is 2.31. The monoisotopic (exact) mass is 399 g/mol. The van der Waals surface area contributed by atoms with Crippen molar-refractivity contribution in [1.29, 1.82) is 0 Å². The Morgan fingerprint density at radius 2 is 1.97 bits per heavy atom. The first kappa shape index (κ1) is 20.2. The summed E-state index contributed by atoms with van der Waals surface area (Å²) in [6.07, 6.45) is 0.895. The van der Waals surface area contributed by atoms with Crippen molar-refractivity contribution in [2.75, 3.05) is 14.2 Å². The molecule has 1 aromatic carbocycles. The Kier molecular flexibility index (Phi) is 5.45. The highest BCUT2D eigenvalue weighted by atomic mass is 16.5. The Morgan fingerprint density at radius 3 is 2.62 bits per heavy atom. The number of hydrogen-bond donors (Lipinski definition) is 1. The first-order valence-electron chi connectivity index (χ1n) is 8.84. The van der Waals surface area contributed by atoms with Crippen molar-refractivity contribution in [1.82, 2.24) is 4.57 Å². The number of methoxy groups -OCH3 is 2. The van der Waals surface area contributed by atoms with Crippen molar-refractivity contribution in [2.24, 2.45) is 7.05 Å². The zero-order valence-electron chi connectivity index (χ0n) is 16.5. The maximum Gasteiger partial charge on any atom is 0.306 e. The summed E-state index contributed by atoms with van der Waals surface area (Å²) in [5.41, 5.74) is -0.0891. The Labute approximate surface area is 165 Å². The standard InChI is InChI=1S/C21H21NO7/c1-11-7-16(23)19(21(26)22(11)2)13(9-18(24)28-4)15-10-29-17-6-5-12(27-3)8-14(17)20(15)25/h5-8,10,13,23H,9H2,1-4H3. The molecule has 2 heterocycles. The number of aromatic nitrogens is 1. The molecule has 0 bridgehead atoms. The van der Waals surface area contributed by atoms with E-state index >= 15 is 0 Å². The van der Waals surface area contributed by atoms with E-state index in [1.165, 1.54) is 37.2 Å². The molecule has 3 aromatic rings. The van der Waals surface area contributed by atoms with Gasteiger partial charge in [0.2, 0.25) is 0 Å². The van der Waals surface area contributed by atoms with E-state index in [4.69, 9.17) is 13.9 Å². The molecular weight excluding hydrogens is 378 g/mol. The molecule has 0 saturated carbocycles. The molecule has 0 spiro atoms. The number of carbonyl (C=O) groups excluding carboxylic acids is 1. The number of carbonyl (C=O) groups is 1. The lowest BCUT2D eigenvalue weighted by Gasteiger charge is -2.18.